The number of amides is 2. The van der Waals surface area contributed by atoms with Crippen LogP contribution in [0.5, 0.6) is 0 Å². The number of nitrogens with zero attached hydrogens (tertiary/aromatic N) is 1. The quantitative estimate of drug-likeness (QED) is 0.820. The molecule has 1 unspecified atom stereocenters. The first-order chi connectivity index (χ1) is 10.2. The Hall–Kier alpha value is -0.770. The Morgan fingerprint density at radius 3 is 2.29 bits per heavy atom. The van der Waals surface area contributed by atoms with E-state index in [1.807, 2.05) is 11.9 Å². The van der Waals surface area contributed by atoms with E-state index in [2.05, 4.69) is 10.6 Å². The van der Waals surface area contributed by atoms with Gasteiger partial charge in [0.05, 0.1) is 0 Å². The second-order valence-electron chi connectivity index (χ2n) is 8.20. The van der Waals surface area contributed by atoms with Crippen LogP contribution in [-0.4, -0.2) is 42.6 Å². The van der Waals surface area contributed by atoms with E-state index in [-0.39, 0.29) is 11.6 Å². The smallest absolute Gasteiger partial charge is 0.317 e. The van der Waals surface area contributed by atoms with Crippen LogP contribution in [0.4, 0.5) is 4.79 Å². The number of carbonyl (C=O) groups is 1. The van der Waals surface area contributed by atoms with Gasteiger partial charge in [-0.05, 0) is 76.2 Å². The van der Waals surface area contributed by atoms with Crippen LogP contribution in [0.1, 0.15) is 51.4 Å². The zero-order chi connectivity index (χ0) is 14.4. The molecule has 1 atom stereocenters. The number of piperidine rings is 1. The number of hydrogen-bond donors (Lipinski definition) is 2. The van der Waals surface area contributed by atoms with Crippen LogP contribution in [0.2, 0.25) is 0 Å². The van der Waals surface area contributed by atoms with E-state index in [1.54, 1.807) is 0 Å². The Bertz CT molecular complexity index is 387. The summed E-state index contributed by atoms with van der Waals surface area (Å²) in [4.78, 5) is 14.8. The second-order valence-corrected chi connectivity index (χ2v) is 8.20. The van der Waals surface area contributed by atoms with Gasteiger partial charge in [-0.2, -0.15) is 0 Å². The number of hydrogen-bond acceptors (Lipinski definition) is 2. The summed E-state index contributed by atoms with van der Waals surface area (Å²) in [6, 6.07) is 0.678. The molecule has 21 heavy (non-hydrogen) atoms. The van der Waals surface area contributed by atoms with Crippen LogP contribution in [0, 0.1) is 17.8 Å². The normalized spacial score (nSPS) is 44.9. The van der Waals surface area contributed by atoms with E-state index < -0.39 is 0 Å². The second kappa shape index (κ2) is 5.15. The first kappa shape index (κ1) is 13.9. The highest BCUT2D eigenvalue weighted by atomic mass is 16.2. The molecule has 1 saturated heterocycles. The fourth-order valence-corrected chi connectivity index (χ4v) is 5.97. The molecule has 1 heterocycles. The van der Waals surface area contributed by atoms with E-state index in [0.717, 1.165) is 37.3 Å². The molecule has 2 amide bonds. The van der Waals surface area contributed by atoms with Gasteiger partial charge in [-0.15, -0.1) is 0 Å². The van der Waals surface area contributed by atoms with Gasteiger partial charge in [-0.3, -0.25) is 0 Å². The summed E-state index contributed by atoms with van der Waals surface area (Å²) in [7, 11) is 2.01. The summed E-state index contributed by atoms with van der Waals surface area (Å²) < 4.78 is 0. The maximum Gasteiger partial charge on any atom is 0.317 e. The van der Waals surface area contributed by atoms with Crippen molar-refractivity contribution in [1.82, 2.24) is 15.5 Å². The van der Waals surface area contributed by atoms with E-state index in [0.29, 0.717) is 6.04 Å². The highest BCUT2D eigenvalue weighted by Gasteiger charge is 2.51. The van der Waals surface area contributed by atoms with Gasteiger partial charge < -0.3 is 15.5 Å². The van der Waals surface area contributed by atoms with Crippen molar-refractivity contribution >= 4 is 6.03 Å². The van der Waals surface area contributed by atoms with Crippen LogP contribution in [-0.2, 0) is 0 Å². The monoisotopic (exact) mass is 291 g/mol. The lowest BCUT2D eigenvalue weighted by atomic mass is 9.53. The maximum atomic E-state index is 12.7. The summed E-state index contributed by atoms with van der Waals surface area (Å²) in [6.45, 7) is 1.80. The van der Waals surface area contributed by atoms with E-state index >= 15 is 0 Å². The Balaban J connectivity index is 1.42. The van der Waals surface area contributed by atoms with Crippen molar-refractivity contribution in [3.05, 3.63) is 0 Å². The average molecular weight is 291 g/mol. The topological polar surface area (TPSA) is 44.4 Å². The van der Waals surface area contributed by atoms with E-state index in [1.165, 1.54) is 44.9 Å². The van der Waals surface area contributed by atoms with Crippen molar-refractivity contribution in [3.8, 4) is 0 Å². The van der Waals surface area contributed by atoms with Gasteiger partial charge in [-0.25, -0.2) is 4.79 Å². The molecule has 4 heteroatoms. The lowest BCUT2D eigenvalue weighted by Crippen LogP contribution is -2.63. The van der Waals surface area contributed by atoms with Crippen LogP contribution >= 0.6 is 0 Å². The Morgan fingerprint density at radius 2 is 1.71 bits per heavy atom. The summed E-state index contributed by atoms with van der Waals surface area (Å²) in [6.07, 6.45) is 10.3. The lowest BCUT2D eigenvalue weighted by molar-refractivity contribution is -0.0161. The molecule has 0 aromatic carbocycles. The molecule has 118 valence electrons. The van der Waals surface area contributed by atoms with Crippen LogP contribution in [0.3, 0.4) is 0 Å². The average Bonchev–Trinajstić information content (AvgIpc) is 2.45. The van der Waals surface area contributed by atoms with Gasteiger partial charge in [0, 0.05) is 24.7 Å². The molecule has 0 aromatic rings. The minimum absolute atomic E-state index is 0.151. The van der Waals surface area contributed by atoms with Crippen LogP contribution in [0.15, 0.2) is 0 Å². The zero-order valence-electron chi connectivity index (χ0n) is 13.2. The zero-order valence-corrected chi connectivity index (χ0v) is 13.2. The molecule has 5 rings (SSSR count). The van der Waals surface area contributed by atoms with Crippen molar-refractivity contribution in [3.63, 3.8) is 0 Å². The summed E-state index contributed by atoms with van der Waals surface area (Å²) in [5, 5.41) is 6.82. The minimum atomic E-state index is 0.151. The van der Waals surface area contributed by atoms with Crippen LogP contribution < -0.4 is 10.6 Å². The Morgan fingerprint density at radius 1 is 1.10 bits per heavy atom. The maximum absolute atomic E-state index is 12.7. The van der Waals surface area contributed by atoms with E-state index in [9.17, 15) is 4.79 Å². The molecule has 1 aliphatic heterocycles. The molecule has 4 nitrogen and oxygen atoms in total. The lowest BCUT2D eigenvalue weighted by Gasteiger charge is -2.57. The van der Waals surface area contributed by atoms with Crippen molar-refractivity contribution in [2.24, 2.45) is 17.8 Å². The third kappa shape index (κ3) is 2.56. The molecule has 0 spiro atoms. The number of nitrogens with one attached hydrogen (secondary N) is 2. The SMILES string of the molecule is CNC1CCCN(C(=O)NC23CC4CC(CC(C4)C2)C3)C1. The number of likely N-dealkylation sites (tertiary alicyclic amines) is 1. The van der Waals surface area contributed by atoms with Crippen molar-refractivity contribution < 1.29 is 4.79 Å². The highest BCUT2D eigenvalue weighted by Crippen LogP contribution is 2.55. The predicted octanol–water partition coefficient (Wildman–Crippen LogP) is 2.35. The van der Waals surface area contributed by atoms with E-state index in [4.69, 9.17) is 0 Å². The third-order valence-electron chi connectivity index (χ3n) is 6.53. The molecule has 5 fully saturated rings. The molecule has 2 N–H and O–H groups in total. The number of likely N-dealkylation sites (N-methyl/N-ethyl adjacent to an activating group) is 1. The first-order valence-corrected chi connectivity index (χ1v) is 8.90. The third-order valence-corrected chi connectivity index (χ3v) is 6.53. The molecular formula is C17H29N3O. The number of urea groups is 1. The predicted molar refractivity (Wildman–Crippen MR) is 83.1 cm³/mol. The van der Waals surface area contributed by atoms with Gasteiger partial charge in [0.25, 0.3) is 0 Å². The summed E-state index contributed by atoms with van der Waals surface area (Å²) in [5.74, 6) is 2.67. The van der Waals surface area contributed by atoms with Gasteiger partial charge in [0.15, 0.2) is 0 Å². The number of carbonyl (C=O) groups excluding carboxylic acids is 1. The van der Waals surface area contributed by atoms with Crippen molar-refractivity contribution in [2.45, 2.75) is 62.9 Å². The highest BCUT2D eigenvalue weighted by molar-refractivity contribution is 5.75. The Kier molecular flexibility index (Phi) is 3.40. The summed E-state index contributed by atoms with van der Waals surface area (Å²) >= 11 is 0. The fraction of sp³-hybridized carbons (Fsp3) is 0.941. The molecule has 4 bridgehead atoms. The molecule has 4 saturated carbocycles. The van der Waals surface area contributed by atoms with Gasteiger partial charge in [0.2, 0.25) is 0 Å². The molecule has 0 aromatic heterocycles. The van der Waals surface area contributed by atoms with Crippen LogP contribution in [0.25, 0.3) is 0 Å². The van der Waals surface area contributed by atoms with Gasteiger partial charge in [-0.1, -0.05) is 0 Å². The molecule has 0 radical (unpaired) electrons. The van der Waals surface area contributed by atoms with Crippen molar-refractivity contribution in [2.75, 3.05) is 20.1 Å². The Labute approximate surface area is 128 Å². The largest absolute Gasteiger partial charge is 0.333 e. The number of rotatable bonds is 2. The summed E-state index contributed by atoms with van der Waals surface area (Å²) in [5.41, 5.74) is 0.151. The van der Waals surface area contributed by atoms with Crippen molar-refractivity contribution in [1.29, 1.82) is 0 Å². The molecule has 5 aliphatic rings. The van der Waals surface area contributed by atoms with Gasteiger partial charge >= 0.3 is 6.03 Å². The van der Waals surface area contributed by atoms with Gasteiger partial charge in [0.1, 0.15) is 0 Å². The molecule has 4 aliphatic carbocycles. The fourth-order valence-electron chi connectivity index (χ4n) is 5.97. The standard InChI is InChI=1S/C17H29N3O/c1-18-15-3-2-4-20(11-15)16(21)19-17-8-12-5-13(9-17)7-14(6-12)10-17/h12-15,18H,2-11H2,1H3,(H,19,21). The molecular weight excluding hydrogens is 262 g/mol. The minimum Gasteiger partial charge on any atom is -0.333 e. The first-order valence-electron chi connectivity index (χ1n) is 8.90.